The molecule has 1 aromatic heterocycles. The Morgan fingerprint density at radius 3 is 2.42 bits per heavy atom. The smallest absolute Gasteiger partial charge is 0.229 e. The van der Waals surface area contributed by atoms with Gasteiger partial charge in [-0.25, -0.2) is 4.98 Å². The van der Waals surface area contributed by atoms with Gasteiger partial charge in [-0.05, 0) is 30.2 Å². The Kier molecular flexibility index (Phi) is 5.51. The highest BCUT2D eigenvalue weighted by Gasteiger charge is 2.19. The highest BCUT2D eigenvalue weighted by molar-refractivity contribution is 5.91. The van der Waals surface area contributed by atoms with Crippen LogP contribution >= 0.6 is 0 Å². The van der Waals surface area contributed by atoms with Gasteiger partial charge in [-0.2, -0.15) is 0 Å². The molecule has 1 saturated heterocycles. The van der Waals surface area contributed by atoms with Crippen molar-refractivity contribution in [1.82, 2.24) is 9.88 Å². The van der Waals surface area contributed by atoms with E-state index < -0.39 is 0 Å². The number of anilines is 2. The lowest BCUT2D eigenvalue weighted by molar-refractivity contribution is -0.129. The molecule has 1 aliphatic rings. The summed E-state index contributed by atoms with van der Waals surface area (Å²) in [6.45, 7) is 6.64. The van der Waals surface area contributed by atoms with Gasteiger partial charge in [0.25, 0.3) is 0 Å². The SMILES string of the molecule is CC(=O)N1CCN(c2ccc(NC(=O)Cc3ccccc3C)nc2)CC1. The summed E-state index contributed by atoms with van der Waals surface area (Å²) >= 11 is 0. The second-order valence-corrected chi connectivity index (χ2v) is 6.55. The number of hydrogen-bond acceptors (Lipinski definition) is 4. The van der Waals surface area contributed by atoms with Gasteiger partial charge in [0.2, 0.25) is 11.8 Å². The minimum atomic E-state index is -0.0744. The summed E-state index contributed by atoms with van der Waals surface area (Å²) in [5.74, 6) is 0.596. The molecule has 1 aromatic carbocycles. The van der Waals surface area contributed by atoms with Gasteiger partial charge in [0.05, 0.1) is 18.3 Å². The van der Waals surface area contributed by atoms with Crippen molar-refractivity contribution in [2.45, 2.75) is 20.3 Å². The molecule has 0 spiro atoms. The van der Waals surface area contributed by atoms with Crippen molar-refractivity contribution in [2.24, 2.45) is 0 Å². The first-order valence-electron chi connectivity index (χ1n) is 8.84. The number of piperazine rings is 1. The van der Waals surface area contributed by atoms with E-state index in [4.69, 9.17) is 0 Å². The van der Waals surface area contributed by atoms with Gasteiger partial charge in [0, 0.05) is 33.1 Å². The zero-order valence-corrected chi connectivity index (χ0v) is 15.2. The third kappa shape index (κ3) is 4.39. The van der Waals surface area contributed by atoms with Gasteiger partial charge in [-0.3, -0.25) is 9.59 Å². The van der Waals surface area contributed by atoms with Crippen LogP contribution < -0.4 is 10.2 Å². The first-order valence-corrected chi connectivity index (χ1v) is 8.84. The van der Waals surface area contributed by atoms with Crippen molar-refractivity contribution in [1.29, 1.82) is 0 Å². The molecule has 2 aromatic rings. The zero-order valence-electron chi connectivity index (χ0n) is 15.2. The van der Waals surface area contributed by atoms with Gasteiger partial charge in [-0.15, -0.1) is 0 Å². The van der Waals surface area contributed by atoms with E-state index in [-0.39, 0.29) is 11.8 Å². The maximum Gasteiger partial charge on any atom is 0.229 e. The molecule has 0 radical (unpaired) electrons. The molecule has 2 heterocycles. The second-order valence-electron chi connectivity index (χ2n) is 6.55. The highest BCUT2D eigenvalue weighted by Crippen LogP contribution is 2.17. The lowest BCUT2D eigenvalue weighted by atomic mass is 10.1. The Morgan fingerprint density at radius 2 is 1.81 bits per heavy atom. The van der Waals surface area contributed by atoms with Crippen molar-refractivity contribution >= 4 is 23.3 Å². The zero-order chi connectivity index (χ0) is 18.5. The first-order chi connectivity index (χ1) is 12.5. The quantitative estimate of drug-likeness (QED) is 0.916. The van der Waals surface area contributed by atoms with E-state index in [2.05, 4.69) is 15.2 Å². The molecule has 1 N–H and O–H groups in total. The molecule has 0 aliphatic carbocycles. The van der Waals surface area contributed by atoms with E-state index in [0.717, 1.165) is 43.0 Å². The molecule has 0 unspecified atom stereocenters. The third-order valence-electron chi connectivity index (χ3n) is 4.72. The van der Waals surface area contributed by atoms with Gasteiger partial charge in [0.15, 0.2) is 0 Å². The molecule has 0 bridgehead atoms. The Hall–Kier alpha value is -2.89. The number of aryl methyl sites for hydroxylation is 1. The van der Waals surface area contributed by atoms with Crippen LogP contribution in [0, 0.1) is 6.92 Å². The number of rotatable bonds is 4. The van der Waals surface area contributed by atoms with Crippen molar-refractivity contribution in [2.75, 3.05) is 36.4 Å². The molecule has 3 rings (SSSR count). The van der Waals surface area contributed by atoms with Crippen LogP contribution in [0.15, 0.2) is 42.6 Å². The normalized spacial score (nSPS) is 14.2. The minimum absolute atomic E-state index is 0.0744. The molecule has 6 nitrogen and oxygen atoms in total. The van der Waals surface area contributed by atoms with Crippen molar-refractivity contribution in [3.8, 4) is 0 Å². The molecule has 1 aliphatic heterocycles. The van der Waals surface area contributed by atoms with Gasteiger partial charge in [-0.1, -0.05) is 24.3 Å². The average Bonchev–Trinajstić information content (AvgIpc) is 2.64. The molecule has 2 amide bonds. The number of nitrogens with zero attached hydrogens (tertiary/aromatic N) is 3. The van der Waals surface area contributed by atoms with E-state index >= 15 is 0 Å². The monoisotopic (exact) mass is 352 g/mol. The lowest BCUT2D eigenvalue weighted by Gasteiger charge is -2.35. The molecular weight excluding hydrogens is 328 g/mol. The summed E-state index contributed by atoms with van der Waals surface area (Å²) in [4.78, 5) is 32.0. The molecule has 0 atom stereocenters. The number of nitrogens with one attached hydrogen (secondary N) is 1. The number of hydrogen-bond donors (Lipinski definition) is 1. The minimum Gasteiger partial charge on any atom is -0.367 e. The van der Waals surface area contributed by atoms with Crippen molar-refractivity contribution in [3.63, 3.8) is 0 Å². The second kappa shape index (κ2) is 7.99. The summed E-state index contributed by atoms with van der Waals surface area (Å²) < 4.78 is 0. The highest BCUT2D eigenvalue weighted by atomic mass is 16.2. The lowest BCUT2D eigenvalue weighted by Crippen LogP contribution is -2.48. The number of carbonyl (C=O) groups is 2. The average molecular weight is 352 g/mol. The third-order valence-corrected chi connectivity index (χ3v) is 4.72. The Balaban J connectivity index is 1.55. The fraction of sp³-hybridized carbons (Fsp3) is 0.350. The maximum absolute atomic E-state index is 12.2. The first kappa shape index (κ1) is 17.9. The van der Waals surface area contributed by atoms with Gasteiger partial charge in [0.1, 0.15) is 5.82 Å². The van der Waals surface area contributed by atoms with E-state index in [1.54, 1.807) is 13.1 Å². The van der Waals surface area contributed by atoms with Crippen LogP contribution in [0.3, 0.4) is 0 Å². The number of pyridine rings is 1. The molecule has 0 saturated carbocycles. The Bertz CT molecular complexity index is 781. The summed E-state index contributed by atoms with van der Waals surface area (Å²) in [6, 6.07) is 11.7. The predicted molar refractivity (Wildman–Crippen MR) is 102 cm³/mol. The fourth-order valence-corrected chi connectivity index (χ4v) is 3.10. The Morgan fingerprint density at radius 1 is 1.08 bits per heavy atom. The largest absolute Gasteiger partial charge is 0.367 e. The van der Waals surface area contributed by atoms with Crippen LogP contribution in [-0.4, -0.2) is 47.9 Å². The fourth-order valence-electron chi connectivity index (χ4n) is 3.10. The number of aromatic nitrogens is 1. The van der Waals surface area contributed by atoms with E-state index in [9.17, 15) is 9.59 Å². The summed E-state index contributed by atoms with van der Waals surface area (Å²) in [5.41, 5.74) is 3.13. The topological polar surface area (TPSA) is 65.5 Å². The van der Waals surface area contributed by atoms with Crippen LogP contribution in [0.25, 0.3) is 0 Å². The molecule has 1 fully saturated rings. The summed E-state index contributed by atoms with van der Waals surface area (Å²) in [6.07, 6.45) is 2.11. The molecule has 6 heteroatoms. The van der Waals surface area contributed by atoms with Crippen LogP contribution in [0.5, 0.6) is 0 Å². The van der Waals surface area contributed by atoms with E-state index in [1.165, 1.54) is 0 Å². The standard InChI is InChI=1S/C20H24N4O2/c1-15-5-3-4-6-17(15)13-20(26)22-19-8-7-18(14-21-19)24-11-9-23(10-12-24)16(2)25/h3-8,14H,9-13H2,1-2H3,(H,21,22,26). The number of amides is 2. The Labute approximate surface area is 153 Å². The summed E-state index contributed by atoms with van der Waals surface area (Å²) in [5, 5.41) is 2.85. The van der Waals surface area contributed by atoms with Crippen LogP contribution in [-0.2, 0) is 16.0 Å². The van der Waals surface area contributed by atoms with Crippen LogP contribution in [0.4, 0.5) is 11.5 Å². The predicted octanol–water partition coefficient (Wildman–Crippen LogP) is 2.24. The van der Waals surface area contributed by atoms with Gasteiger partial charge < -0.3 is 15.1 Å². The van der Waals surface area contributed by atoms with E-state index in [1.807, 2.05) is 48.2 Å². The molecule has 26 heavy (non-hydrogen) atoms. The molecular formula is C20H24N4O2. The van der Waals surface area contributed by atoms with Crippen LogP contribution in [0.1, 0.15) is 18.1 Å². The summed E-state index contributed by atoms with van der Waals surface area (Å²) in [7, 11) is 0. The van der Waals surface area contributed by atoms with Crippen LogP contribution in [0.2, 0.25) is 0 Å². The van der Waals surface area contributed by atoms with Crippen molar-refractivity contribution in [3.05, 3.63) is 53.7 Å². The maximum atomic E-state index is 12.2. The van der Waals surface area contributed by atoms with Crippen molar-refractivity contribution < 1.29 is 9.59 Å². The number of carbonyl (C=O) groups excluding carboxylic acids is 2. The molecule has 136 valence electrons. The van der Waals surface area contributed by atoms with E-state index in [0.29, 0.717) is 12.2 Å². The number of benzene rings is 1. The van der Waals surface area contributed by atoms with Gasteiger partial charge >= 0.3 is 0 Å².